The molecule has 2 rings (SSSR count). The maximum atomic E-state index is 13.2. The van der Waals surface area contributed by atoms with Crippen LogP contribution in [0.5, 0.6) is 0 Å². The molecule has 2 aromatic rings. The first kappa shape index (κ1) is 18.8. The van der Waals surface area contributed by atoms with Crippen LogP contribution in [-0.2, 0) is 11.2 Å². The number of benzene rings is 2. The summed E-state index contributed by atoms with van der Waals surface area (Å²) in [4.78, 5) is 12.0. The van der Waals surface area contributed by atoms with Gasteiger partial charge in [0.1, 0.15) is 0 Å². The van der Waals surface area contributed by atoms with E-state index in [4.69, 9.17) is 0 Å². The Morgan fingerprint density at radius 2 is 1.60 bits per heavy atom. The highest BCUT2D eigenvalue weighted by molar-refractivity contribution is 5.96. The Morgan fingerprint density at radius 3 is 2.16 bits per heavy atom. The monoisotopic (exact) mass is 347 g/mol. The van der Waals surface area contributed by atoms with Gasteiger partial charge in [-0.05, 0) is 30.9 Å². The fraction of sp³-hybridized carbons (Fsp3) is 0.250. The zero-order valence-electron chi connectivity index (χ0n) is 13.9. The minimum absolute atomic E-state index is 0.0258. The molecule has 0 aliphatic rings. The Hall–Kier alpha value is -2.56. The maximum Gasteiger partial charge on any atom is 0.417 e. The van der Waals surface area contributed by atoms with Gasteiger partial charge in [-0.15, -0.1) is 0 Å². The van der Waals surface area contributed by atoms with Gasteiger partial charge in [-0.1, -0.05) is 60.7 Å². The molecule has 0 saturated heterocycles. The summed E-state index contributed by atoms with van der Waals surface area (Å²) in [6, 6.07) is 16.8. The zero-order valence-corrected chi connectivity index (χ0v) is 13.9. The van der Waals surface area contributed by atoms with Crippen LogP contribution in [0, 0.1) is 0 Å². The third kappa shape index (κ3) is 6.10. The van der Waals surface area contributed by atoms with Crippen LogP contribution in [0.25, 0.3) is 5.57 Å². The van der Waals surface area contributed by atoms with E-state index >= 15 is 0 Å². The number of aryl methyl sites for hydroxylation is 1. The van der Waals surface area contributed by atoms with E-state index in [-0.39, 0.29) is 11.6 Å². The van der Waals surface area contributed by atoms with Gasteiger partial charge in [0.05, 0.1) is 5.57 Å². The van der Waals surface area contributed by atoms with E-state index in [9.17, 15) is 18.0 Å². The molecule has 1 atom stereocenters. The first-order valence-electron chi connectivity index (χ1n) is 8.05. The van der Waals surface area contributed by atoms with Gasteiger partial charge in [0, 0.05) is 12.1 Å². The topological polar surface area (TPSA) is 29.1 Å². The van der Waals surface area contributed by atoms with E-state index in [1.165, 1.54) is 24.3 Å². The van der Waals surface area contributed by atoms with Crippen LogP contribution >= 0.6 is 0 Å². The van der Waals surface area contributed by atoms with Gasteiger partial charge in [-0.25, -0.2) is 0 Å². The van der Waals surface area contributed by atoms with Gasteiger partial charge in [-0.2, -0.15) is 13.2 Å². The molecular weight excluding hydrogens is 327 g/mol. The molecule has 2 nitrogen and oxygen atoms in total. The smallest absolute Gasteiger partial charge is 0.350 e. The summed E-state index contributed by atoms with van der Waals surface area (Å²) in [5.74, 6) is -0.739. The van der Waals surface area contributed by atoms with E-state index in [0.29, 0.717) is 12.5 Å². The first-order valence-corrected chi connectivity index (χ1v) is 8.05. The predicted octanol–water partition coefficient (Wildman–Crippen LogP) is 4.77. The summed E-state index contributed by atoms with van der Waals surface area (Å²) in [5.41, 5.74) is 0.155. The number of alkyl halides is 3. The van der Waals surface area contributed by atoms with Crippen molar-refractivity contribution in [1.29, 1.82) is 0 Å². The fourth-order valence-electron chi connectivity index (χ4n) is 2.46. The number of rotatable bonds is 6. The Labute approximate surface area is 145 Å². The summed E-state index contributed by atoms with van der Waals surface area (Å²) in [6.07, 6.45) is -2.56. The van der Waals surface area contributed by atoms with Crippen LogP contribution in [0.2, 0.25) is 0 Å². The molecule has 25 heavy (non-hydrogen) atoms. The lowest BCUT2D eigenvalue weighted by atomic mass is 10.0. The molecule has 0 saturated carbocycles. The lowest BCUT2D eigenvalue weighted by Crippen LogP contribution is -2.32. The zero-order chi connectivity index (χ0) is 18.3. The van der Waals surface area contributed by atoms with Crippen molar-refractivity contribution in [3.05, 3.63) is 77.9 Å². The molecule has 0 heterocycles. The SMILES string of the molecule is CC(CCc1ccccc1)NC(=O)/C=C(/c1ccccc1)C(F)(F)F. The molecule has 0 aliphatic carbocycles. The molecule has 132 valence electrons. The summed E-state index contributed by atoms with van der Waals surface area (Å²) in [7, 11) is 0. The van der Waals surface area contributed by atoms with Crippen molar-refractivity contribution in [2.45, 2.75) is 32.0 Å². The molecule has 1 N–H and O–H groups in total. The lowest BCUT2D eigenvalue weighted by Gasteiger charge is -2.15. The standard InChI is InChI=1S/C20H20F3NO/c1-15(12-13-16-8-4-2-5-9-16)24-19(25)14-18(20(21,22)23)17-10-6-3-7-11-17/h2-11,14-15H,12-13H2,1H3,(H,24,25)/b18-14-. The first-order chi connectivity index (χ1) is 11.9. The third-order valence-corrected chi connectivity index (χ3v) is 3.76. The molecule has 1 amide bonds. The Morgan fingerprint density at radius 1 is 1.04 bits per heavy atom. The Balaban J connectivity index is 2.01. The number of halogens is 3. The minimum atomic E-state index is -4.59. The lowest BCUT2D eigenvalue weighted by molar-refractivity contribution is -0.117. The predicted molar refractivity (Wildman–Crippen MR) is 92.8 cm³/mol. The van der Waals surface area contributed by atoms with Crippen molar-refractivity contribution < 1.29 is 18.0 Å². The molecule has 2 aromatic carbocycles. The normalized spacial score (nSPS) is 13.4. The fourth-order valence-corrected chi connectivity index (χ4v) is 2.46. The van der Waals surface area contributed by atoms with Crippen LogP contribution in [0.4, 0.5) is 13.2 Å². The van der Waals surface area contributed by atoms with E-state index < -0.39 is 17.7 Å². The molecule has 0 aromatic heterocycles. The van der Waals surface area contributed by atoms with Crippen molar-refractivity contribution in [2.24, 2.45) is 0 Å². The average molecular weight is 347 g/mol. The number of hydrogen-bond acceptors (Lipinski definition) is 1. The quantitative estimate of drug-likeness (QED) is 0.749. The maximum absolute atomic E-state index is 13.2. The molecule has 1 unspecified atom stereocenters. The highest BCUT2D eigenvalue weighted by atomic mass is 19.4. The minimum Gasteiger partial charge on any atom is -0.350 e. The van der Waals surface area contributed by atoms with Crippen LogP contribution in [0.15, 0.2) is 66.7 Å². The summed E-state index contributed by atoms with van der Waals surface area (Å²) < 4.78 is 39.7. The van der Waals surface area contributed by atoms with Crippen LogP contribution < -0.4 is 5.32 Å². The van der Waals surface area contributed by atoms with Gasteiger partial charge in [0.25, 0.3) is 0 Å². The summed E-state index contributed by atoms with van der Waals surface area (Å²) in [5, 5.41) is 2.61. The molecule has 0 fully saturated rings. The molecule has 0 aliphatic heterocycles. The highest BCUT2D eigenvalue weighted by Crippen LogP contribution is 2.33. The number of allylic oxidation sites excluding steroid dienone is 1. The van der Waals surface area contributed by atoms with Gasteiger partial charge >= 0.3 is 6.18 Å². The second-order valence-electron chi connectivity index (χ2n) is 5.86. The van der Waals surface area contributed by atoms with Crippen molar-refractivity contribution in [3.63, 3.8) is 0 Å². The van der Waals surface area contributed by atoms with Crippen molar-refractivity contribution in [3.8, 4) is 0 Å². The van der Waals surface area contributed by atoms with Gasteiger partial charge in [0.15, 0.2) is 0 Å². The van der Waals surface area contributed by atoms with Crippen molar-refractivity contribution >= 4 is 11.5 Å². The van der Waals surface area contributed by atoms with E-state index in [2.05, 4.69) is 5.32 Å². The molecule has 0 spiro atoms. The van der Waals surface area contributed by atoms with Gasteiger partial charge in [0.2, 0.25) is 5.91 Å². The van der Waals surface area contributed by atoms with E-state index in [0.717, 1.165) is 12.0 Å². The van der Waals surface area contributed by atoms with E-state index in [1.54, 1.807) is 13.0 Å². The average Bonchev–Trinajstić information content (AvgIpc) is 2.58. The number of carbonyl (C=O) groups excluding carboxylic acids is 1. The van der Waals surface area contributed by atoms with Crippen molar-refractivity contribution in [2.75, 3.05) is 0 Å². The van der Waals surface area contributed by atoms with Crippen LogP contribution in [0.3, 0.4) is 0 Å². The summed E-state index contributed by atoms with van der Waals surface area (Å²) >= 11 is 0. The second kappa shape index (κ2) is 8.51. The second-order valence-corrected chi connectivity index (χ2v) is 5.86. The third-order valence-electron chi connectivity index (χ3n) is 3.76. The Kier molecular flexibility index (Phi) is 6.39. The molecule has 5 heteroatoms. The molecular formula is C20H20F3NO. The Bertz CT molecular complexity index is 709. The van der Waals surface area contributed by atoms with Crippen LogP contribution in [-0.4, -0.2) is 18.1 Å². The summed E-state index contributed by atoms with van der Waals surface area (Å²) in [6.45, 7) is 1.78. The van der Waals surface area contributed by atoms with Gasteiger partial charge in [-0.3, -0.25) is 4.79 Å². The molecule has 0 radical (unpaired) electrons. The number of hydrogen-bond donors (Lipinski definition) is 1. The van der Waals surface area contributed by atoms with Gasteiger partial charge < -0.3 is 5.32 Å². The number of amides is 1. The van der Waals surface area contributed by atoms with Crippen LogP contribution in [0.1, 0.15) is 24.5 Å². The highest BCUT2D eigenvalue weighted by Gasteiger charge is 2.35. The largest absolute Gasteiger partial charge is 0.417 e. The van der Waals surface area contributed by atoms with Crippen molar-refractivity contribution in [1.82, 2.24) is 5.32 Å². The number of carbonyl (C=O) groups is 1. The van der Waals surface area contributed by atoms with E-state index in [1.807, 2.05) is 30.3 Å². The molecule has 0 bridgehead atoms. The number of nitrogens with one attached hydrogen (secondary N) is 1.